The molecular formula is C14H19N3O. The van der Waals surface area contributed by atoms with Crippen LogP contribution in [0.5, 0.6) is 0 Å². The zero-order valence-corrected chi connectivity index (χ0v) is 10.8. The summed E-state index contributed by atoms with van der Waals surface area (Å²) in [6.07, 6.45) is 2.62. The lowest BCUT2D eigenvalue weighted by Gasteiger charge is -2.14. The molecule has 18 heavy (non-hydrogen) atoms. The molecule has 1 aromatic carbocycles. The number of nitrogen functional groups attached to an aromatic ring is 1. The lowest BCUT2D eigenvalue weighted by Crippen LogP contribution is -2.03. The standard InChI is InChI=1S/C14H19N3O/c1-16-12-9-10(5-7-18)8-11(14(12)15)13-4-3-6-17(13)2/h3-4,6,8-9,16,18H,5,7,15H2,1-2H3. The Kier molecular flexibility index (Phi) is 3.58. The van der Waals surface area contributed by atoms with E-state index >= 15 is 0 Å². The molecular weight excluding hydrogens is 226 g/mol. The molecule has 2 rings (SSSR count). The van der Waals surface area contributed by atoms with Crippen LogP contribution in [0, 0.1) is 0 Å². The van der Waals surface area contributed by atoms with Crippen LogP contribution in [0.4, 0.5) is 11.4 Å². The van der Waals surface area contributed by atoms with Crippen LogP contribution in [0.3, 0.4) is 0 Å². The molecule has 1 aromatic heterocycles. The molecule has 0 aliphatic carbocycles. The van der Waals surface area contributed by atoms with Crippen LogP contribution in [0.15, 0.2) is 30.5 Å². The number of nitrogens with two attached hydrogens (primary N) is 1. The van der Waals surface area contributed by atoms with Gasteiger partial charge in [-0.3, -0.25) is 0 Å². The third-order valence-corrected chi connectivity index (χ3v) is 3.13. The third-order valence-electron chi connectivity index (χ3n) is 3.13. The van der Waals surface area contributed by atoms with Gasteiger partial charge in [0.15, 0.2) is 0 Å². The monoisotopic (exact) mass is 245 g/mol. The smallest absolute Gasteiger partial charge is 0.0644 e. The molecule has 0 aliphatic rings. The average molecular weight is 245 g/mol. The van der Waals surface area contributed by atoms with Gasteiger partial charge in [-0.25, -0.2) is 0 Å². The van der Waals surface area contributed by atoms with E-state index in [9.17, 15) is 0 Å². The van der Waals surface area contributed by atoms with Crippen molar-refractivity contribution < 1.29 is 5.11 Å². The van der Waals surface area contributed by atoms with E-state index in [2.05, 4.69) is 5.32 Å². The topological polar surface area (TPSA) is 63.2 Å². The molecule has 96 valence electrons. The van der Waals surface area contributed by atoms with Crippen LogP contribution in [-0.2, 0) is 13.5 Å². The maximum Gasteiger partial charge on any atom is 0.0644 e. The number of benzene rings is 1. The molecule has 4 N–H and O–H groups in total. The van der Waals surface area contributed by atoms with E-state index in [-0.39, 0.29) is 6.61 Å². The predicted molar refractivity (Wildman–Crippen MR) is 75.6 cm³/mol. The van der Waals surface area contributed by atoms with Crippen molar-refractivity contribution in [1.82, 2.24) is 4.57 Å². The fourth-order valence-corrected chi connectivity index (χ4v) is 2.15. The van der Waals surface area contributed by atoms with E-state index in [1.165, 1.54) is 0 Å². The van der Waals surface area contributed by atoms with Crippen LogP contribution in [0.2, 0.25) is 0 Å². The molecule has 4 nitrogen and oxygen atoms in total. The summed E-state index contributed by atoms with van der Waals surface area (Å²) < 4.78 is 2.04. The van der Waals surface area contributed by atoms with E-state index in [1.54, 1.807) is 0 Å². The van der Waals surface area contributed by atoms with Crippen LogP contribution >= 0.6 is 0 Å². The zero-order chi connectivity index (χ0) is 13.1. The molecule has 0 amide bonds. The van der Waals surface area contributed by atoms with E-state index in [0.717, 1.165) is 28.2 Å². The Morgan fingerprint density at radius 2 is 2.17 bits per heavy atom. The molecule has 0 unspecified atom stereocenters. The number of aromatic nitrogens is 1. The summed E-state index contributed by atoms with van der Waals surface area (Å²) in [5.41, 5.74) is 11.0. The number of hydrogen-bond acceptors (Lipinski definition) is 3. The minimum absolute atomic E-state index is 0.139. The maximum absolute atomic E-state index is 9.07. The Balaban J connectivity index is 2.58. The van der Waals surface area contributed by atoms with E-state index in [0.29, 0.717) is 6.42 Å². The molecule has 0 atom stereocenters. The zero-order valence-electron chi connectivity index (χ0n) is 10.8. The second kappa shape index (κ2) is 5.14. The van der Waals surface area contributed by atoms with Gasteiger partial charge in [-0.15, -0.1) is 0 Å². The van der Waals surface area contributed by atoms with Crippen molar-refractivity contribution in [1.29, 1.82) is 0 Å². The highest BCUT2D eigenvalue weighted by molar-refractivity contribution is 5.85. The Hall–Kier alpha value is -1.94. The first-order chi connectivity index (χ1) is 8.67. The second-order valence-electron chi connectivity index (χ2n) is 4.33. The van der Waals surface area contributed by atoms with Crippen molar-refractivity contribution in [3.05, 3.63) is 36.0 Å². The summed E-state index contributed by atoms with van der Waals surface area (Å²) >= 11 is 0. The Morgan fingerprint density at radius 1 is 1.39 bits per heavy atom. The largest absolute Gasteiger partial charge is 0.397 e. The lowest BCUT2D eigenvalue weighted by atomic mass is 10.0. The van der Waals surface area contributed by atoms with Gasteiger partial charge >= 0.3 is 0 Å². The minimum atomic E-state index is 0.139. The normalized spacial score (nSPS) is 10.6. The molecule has 0 bridgehead atoms. The summed E-state index contributed by atoms with van der Waals surface area (Å²) in [4.78, 5) is 0. The van der Waals surface area contributed by atoms with Crippen LogP contribution < -0.4 is 11.1 Å². The van der Waals surface area contributed by atoms with Gasteiger partial charge in [0.1, 0.15) is 0 Å². The molecule has 0 saturated heterocycles. The lowest BCUT2D eigenvalue weighted by molar-refractivity contribution is 0.299. The molecule has 4 heteroatoms. The van der Waals surface area contributed by atoms with E-state index < -0.39 is 0 Å². The Bertz CT molecular complexity index is 546. The SMILES string of the molecule is CNc1cc(CCO)cc(-c2cccn2C)c1N. The highest BCUT2D eigenvalue weighted by Gasteiger charge is 2.11. The number of aryl methyl sites for hydroxylation is 1. The number of nitrogens with one attached hydrogen (secondary N) is 1. The predicted octanol–water partition coefficient (Wildman–Crippen LogP) is 1.85. The van der Waals surface area contributed by atoms with Gasteiger partial charge < -0.3 is 20.7 Å². The first-order valence-electron chi connectivity index (χ1n) is 6.00. The number of aliphatic hydroxyl groups excluding tert-OH is 1. The fourth-order valence-electron chi connectivity index (χ4n) is 2.15. The Morgan fingerprint density at radius 3 is 2.72 bits per heavy atom. The highest BCUT2D eigenvalue weighted by Crippen LogP contribution is 2.33. The van der Waals surface area contributed by atoms with Gasteiger partial charge in [-0.1, -0.05) is 0 Å². The fraction of sp³-hybridized carbons (Fsp3) is 0.286. The van der Waals surface area contributed by atoms with Gasteiger partial charge in [0.05, 0.1) is 11.4 Å². The average Bonchev–Trinajstić information content (AvgIpc) is 2.78. The second-order valence-corrected chi connectivity index (χ2v) is 4.33. The van der Waals surface area contributed by atoms with Crippen molar-refractivity contribution in [3.8, 4) is 11.3 Å². The van der Waals surface area contributed by atoms with Crippen molar-refractivity contribution >= 4 is 11.4 Å². The molecule has 0 radical (unpaired) electrons. The van der Waals surface area contributed by atoms with Gasteiger partial charge in [0.2, 0.25) is 0 Å². The Labute approximate surface area is 107 Å². The summed E-state index contributed by atoms with van der Waals surface area (Å²) in [7, 11) is 3.84. The third kappa shape index (κ3) is 2.19. The number of anilines is 2. The maximum atomic E-state index is 9.07. The molecule has 0 aliphatic heterocycles. The summed E-state index contributed by atoms with van der Waals surface area (Å²) in [5, 5.41) is 12.2. The van der Waals surface area contributed by atoms with Gasteiger partial charge in [-0.2, -0.15) is 0 Å². The first kappa shape index (κ1) is 12.5. The molecule has 1 heterocycles. The summed E-state index contributed by atoms with van der Waals surface area (Å²) in [6.45, 7) is 0.139. The van der Waals surface area contributed by atoms with Gasteiger partial charge in [0.25, 0.3) is 0 Å². The molecule has 0 spiro atoms. The minimum Gasteiger partial charge on any atom is -0.397 e. The number of rotatable bonds is 4. The molecule has 0 saturated carbocycles. The number of nitrogens with zero attached hydrogens (tertiary/aromatic N) is 1. The number of aliphatic hydroxyl groups is 1. The molecule has 0 fully saturated rings. The van der Waals surface area contributed by atoms with Gasteiger partial charge in [0, 0.05) is 38.2 Å². The van der Waals surface area contributed by atoms with Crippen molar-refractivity contribution in [2.75, 3.05) is 24.7 Å². The first-order valence-corrected chi connectivity index (χ1v) is 6.00. The van der Waals surface area contributed by atoms with Crippen molar-refractivity contribution in [2.24, 2.45) is 7.05 Å². The van der Waals surface area contributed by atoms with E-state index in [1.807, 2.05) is 49.1 Å². The van der Waals surface area contributed by atoms with E-state index in [4.69, 9.17) is 10.8 Å². The quantitative estimate of drug-likeness (QED) is 0.720. The summed E-state index contributed by atoms with van der Waals surface area (Å²) in [5.74, 6) is 0. The summed E-state index contributed by atoms with van der Waals surface area (Å²) in [6, 6.07) is 8.06. The highest BCUT2D eigenvalue weighted by atomic mass is 16.2. The molecule has 2 aromatic rings. The number of hydrogen-bond donors (Lipinski definition) is 3. The van der Waals surface area contributed by atoms with Crippen LogP contribution in [0.1, 0.15) is 5.56 Å². The van der Waals surface area contributed by atoms with Crippen molar-refractivity contribution in [3.63, 3.8) is 0 Å². The van der Waals surface area contributed by atoms with Crippen molar-refractivity contribution in [2.45, 2.75) is 6.42 Å². The van der Waals surface area contributed by atoms with Crippen LogP contribution in [-0.4, -0.2) is 23.3 Å². The van der Waals surface area contributed by atoms with Gasteiger partial charge in [-0.05, 0) is 36.2 Å². The van der Waals surface area contributed by atoms with Crippen LogP contribution in [0.25, 0.3) is 11.3 Å².